The molecule has 0 saturated heterocycles. The van der Waals surface area contributed by atoms with Crippen LogP contribution in [0.4, 0.5) is 0 Å². The predicted molar refractivity (Wildman–Crippen MR) is 280 cm³/mol. The molecule has 0 nitrogen and oxygen atoms in total. The lowest BCUT2D eigenvalue weighted by Crippen LogP contribution is -1.93. The minimum Gasteiger partial charge on any atom is -0.135 e. The van der Waals surface area contributed by atoms with E-state index >= 15 is 0 Å². The van der Waals surface area contributed by atoms with Gasteiger partial charge >= 0.3 is 0 Å². The van der Waals surface area contributed by atoms with E-state index in [-0.39, 0.29) is 0 Å². The number of rotatable bonds is 6. The molecule has 0 spiro atoms. The Morgan fingerprint density at radius 3 is 0.922 bits per heavy atom. The van der Waals surface area contributed by atoms with Gasteiger partial charge in [-0.25, -0.2) is 0 Å². The predicted octanol–water partition coefficient (Wildman–Crippen LogP) is 18.7. The van der Waals surface area contributed by atoms with Gasteiger partial charge in [-0.1, -0.05) is 194 Å². The minimum atomic E-state index is 1.20. The Kier molecular flexibility index (Phi) is 8.69. The van der Waals surface area contributed by atoms with Crippen LogP contribution in [0, 0.1) is 0 Å². The maximum atomic E-state index is 2.40. The Hall–Kier alpha value is -7.62. The number of thiophene rings is 2. The van der Waals surface area contributed by atoms with Gasteiger partial charge in [0.2, 0.25) is 0 Å². The van der Waals surface area contributed by atoms with Crippen LogP contribution in [0.1, 0.15) is 0 Å². The van der Waals surface area contributed by atoms with Crippen molar-refractivity contribution in [2.75, 3.05) is 0 Å². The third kappa shape index (κ3) is 6.02. The van der Waals surface area contributed by atoms with Crippen molar-refractivity contribution >= 4 is 84.6 Å². The second-order valence-corrected chi connectivity index (χ2v) is 18.8. The van der Waals surface area contributed by atoms with E-state index in [1.807, 2.05) is 22.7 Å². The summed E-state index contributed by atoms with van der Waals surface area (Å²) in [6, 6.07) is 85.5. The number of hydrogen-bond acceptors (Lipinski definition) is 2. The maximum Gasteiger partial charge on any atom is 0.0433 e. The third-order valence-electron chi connectivity index (χ3n) is 13.1. The van der Waals surface area contributed by atoms with E-state index in [9.17, 15) is 0 Å². The molecule has 0 aliphatic heterocycles. The normalized spacial score (nSPS) is 11.8. The van der Waals surface area contributed by atoms with Gasteiger partial charge in [-0.2, -0.15) is 0 Å². The molecule has 0 radical (unpaired) electrons. The summed E-state index contributed by atoms with van der Waals surface area (Å²) in [6.45, 7) is 0. The summed E-state index contributed by atoms with van der Waals surface area (Å²) in [6.07, 6.45) is 0. The molecule has 13 aromatic rings. The Balaban J connectivity index is 0.958. The highest BCUT2D eigenvalue weighted by atomic mass is 32.1. The zero-order valence-electron chi connectivity index (χ0n) is 34.8. The van der Waals surface area contributed by atoms with Crippen LogP contribution in [0.2, 0.25) is 0 Å². The molecule has 2 heteroatoms. The highest BCUT2D eigenvalue weighted by Crippen LogP contribution is 2.47. The van der Waals surface area contributed by atoms with E-state index in [1.165, 1.54) is 129 Å². The van der Waals surface area contributed by atoms with Gasteiger partial charge in [-0.3, -0.25) is 0 Å². The monoisotopic (exact) mass is 846 g/mol. The lowest BCUT2D eigenvalue weighted by molar-refractivity contribution is 1.58. The molecule has 0 saturated carbocycles. The number of fused-ring (bicyclic) bond motifs is 9. The van der Waals surface area contributed by atoms with E-state index in [1.54, 1.807) is 0 Å². The first-order chi connectivity index (χ1) is 31.7. The van der Waals surface area contributed by atoms with Crippen molar-refractivity contribution in [1.82, 2.24) is 0 Å². The summed E-state index contributed by atoms with van der Waals surface area (Å²) in [7, 11) is 0. The largest absolute Gasteiger partial charge is 0.135 e. The van der Waals surface area contributed by atoms with E-state index in [0.717, 1.165) is 0 Å². The lowest BCUT2D eigenvalue weighted by atomic mass is 9.83. The van der Waals surface area contributed by atoms with Crippen LogP contribution in [0.5, 0.6) is 0 Å². The Morgan fingerprint density at radius 1 is 0.203 bits per heavy atom. The first kappa shape index (κ1) is 37.0. The molecule has 298 valence electrons. The van der Waals surface area contributed by atoms with Gasteiger partial charge in [0.1, 0.15) is 0 Å². The summed E-state index contributed by atoms with van der Waals surface area (Å²) in [4.78, 5) is 0. The summed E-state index contributed by atoms with van der Waals surface area (Å²) in [5.74, 6) is 0. The standard InChI is InChI=1S/C62H38S2/c1-3-27-53-49(23-1)50-24-2-4-28-54(50)60(46-22-12-18-42(38-46)40-16-10-20-44(36-40)48-30-14-32-56-52-26-6-8-34-58(52)64-62(48)56)59(53)45-21-11-17-41(37-45)39-15-9-19-43(35-39)47-29-13-31-55-51-25-5-7-33-57(51)63-61(47)55/h1-38H. The fourth-order valence-electron chi connectivity index (χ4n) is 10.1. The smallest absolute Gasteiger partial charge is 0.0433 e. The molecule has 11 aromatic carbocycles. The fourth-order valence-corrected chi connectivity index (χ4v) is 12.6. The molecule has 0 N–H and O–H groups in total. The van der Waals surface area contributed by atoms with E-state index in [4.69, 9.17) is 0 Å². The lowest BCUT2D eigenvalue weighted by Gasteiger charge is -2.20. The quantitative estimate of drug-likeness (QED) is 0.146. The van der Waals surface area contributed by atoms with Crippen LogP contribution in [-0.4, -0.2) is 0 Å². The van der Waals surface area contributed by atoms with Gasteiger partial charge in [-0.15, -0.1) is 22.7 Å². The molecule has 0 amide bonds. The van der Waals surface area contributed by atoms with Crippen LogP contribution in [0.15, 0.2) is 231 Å². The molecule has 0 bridgehead atoms. The van der Waals surface area contributed by atoms with Crippen LogP contribution < -0.4 is 0 Å². The Morgan fingerprint density at radius 2 is 0.500 bits per heavy atom. The van der Waals surface area contributed by atoms with Crippen molar-refractivity contribution in [2.45, 2.75) is 0 Å². The summed E-state index contributed by atoms with van der Waals surface area (Å²) < 4.78 is 5.33. The van der Waals surface area contributed by atoms with Gasteiger partial charge in [0.25, 0.3) is 0 Å². The Bertz CT molecular complexity index is 3710. The van der Waals surface area contributed by atoms with Gasteiger partial charge in [-0.05, 0) is 125 Å². The average Bonchev–Trinajstić information content (AvgIpc) is 3.95. The molecule has 2 heterocycles. The molecule has 0 fully saturated rings. The molecule has 0 aliphatic carbocycles. The third-order valence-corrected chi connectivity index (χ3v) is 15.5. The molecule has 2 aromatic heterocycles. The van der Waals surface area contributed by atoms with E-state index < -0.39 is 0 Å². The summed E-state index contributed by atoms with van der Waals surface area (Å²) in [5, 5.41) is 10.3. The average molecular weight is 847 g/mol. The zero-order valence-corrected chi connectivity index (χ0v) is 36.4. The summed E-state index contributed by atoms with van der Waals surface area (Å²) >= 11 is 3.77. The molecule has 0 unspecified atom stereocenters. The summed E-state index contributed by atoms with van der Waals surface area (Å²) in [5.41, 5.74) is 14.8. The van der Waals surface area contributed by atoms with Crippen LogP contribution in [0.25, 0.3) is 129 Å². The maximum absolute atomic E-state index is 2.40. The molecule has 0 atom stereocenters. The van der Waals surface area contributed by atoms with Gasteiger partial charge in [0.05, 0.1) is 0 Å². The van der Waals surface area contributed by atoms with Gasteiger partial charge in [0, 0.05) is 40.3 Å². The van der Waals surface area contributed by atoms with Crippen molar-refractivity contribution in [3.8, 4) is 66.8 Å². The van der Waals surface area contributed by atoms with Crippen molar-refractivity contribution in [1.29, 1.82) is 0 Å². The number of benzene rings is 11. The molecule has 64 heavy (non-hydrogen) atoms. The van der Waals surface area contributed by atoms with Crippen molar-refractivity contribution in [2.24, 2.45) is 0 Å². The topological polar surface area (TPSA) is 0 Å². The minimum absolute atomic E-state index is 1.20. The highest BCUT2D eigenvalue weighted by Gasteiger charge is 2.19. The highest BCUT2D eigenvalue weighted by molar-refractivity contribution is 7.26. The first-order valence-corrected chi connectivity index (χ1v) is 23.5. The fraction of sp³-hybridized carbons (Fsp3) is 0. The SMILES string of the molecule is c1cc(-c2cccc(-c3cccc4c3sc3ccccc34)c2)cc(-c2c(-c3cccc(-c4cccc(-c5cccc6c5sc5ccccc56)c4)c3)c3ccccc3c3ccccc23)c1. The van der Waals surface area contributed by atoms with Crippen molar-refractivity contribution in [3.63, 3.8) is 0 Å². The second kappa shape index (κ2) is 15.0. The van der Waals surface area contributed by atoms with Gasteiger partial charge < -0.3 is 0 Å². The molecule has 13 rings (SSSR count). The van der Waals surface area contributed by atoms with E-state index in [2.05, 4.69) is 231 Å². The zero-order chi connectivity index (χ0) is 42.1. The first-order valence-electron chi connectivity index (χ1n) is 21.9. The van der Waals surface area contributed by atoms with Crippen LogP contribution in [0.3, 0.4) is 0 Å². The number of hydrogen-bond donors (Lipinski definition) is 0. The Labute approximate surface area is 379 Å². The van der Waals surface area contributed by atoms with Gasteiger partial charge in [0.15, 0.2) is 0 Å². The van der Waals surface area contributed by atoms with Crippen molar-refractivity contribution in [3.05, 3.63) is 231 Å². The molecular formula is C62H38S2. The van der Waals surface area contributed by atoms with Crippen LogP contribution >= 0.6 is 22.7 Å². The molecule has 0 aliphatic rings. The van der Waals surface area contributed by atoms with Crippen molar-refractivity contribution < 1.29 is 0 Å². The van der Waals surface area contributed by atoms with E-state index in [0.29, 0.717) is 0 Å². The molecular weight excluding hydrogens is 809 g/mol. The van der Waals surface area contributed by atoms with Crippen LogP contribution in [-0.2, 0) is 0 Å². The second-order valence-electron chi connectivity index (χ2n) is 16.7.